The van der Waals surface area contributed by atoms with Crippen molar-refractivity contribution in [3.63, 3.8) is 0 Å². The Balaban J connectivity index is 1.73. The second-order valence-corrected chi connectivity index (χ2v) is 5.27. The minimum atomic E-state index is 0.760. The Bertz CT molecular complexity index is 625. The molecular weight excluding hydrogens is 294 g/mol. The Labute approximate surface area is 136 Å². The Morgan fingerprint density at radius 1 is 1.30 bits per heavy atom. The summed E-state index contributed by atoms with van der Waals surface area (Å²) in [6, 6.07) is 0. The zero-order valence-corrected chi connectivity index (χ0v) is 14.3. The number of hydrogen-bond donors (Lipinski definition) is 2. The van der Waals surface area contributed by atoms with E-state index in [1.807, 2.05) is 18.4 Å². The molecule has 0 spiro atoms. The lowest BCUT2D eigenvalue weighted by atomic mass is 10.1. The Morgan fingerprint density at radius 3 is 2.74 bits per heavy atom. The van der Waals surface area contributed by atoms with Gasteiger partial charge in [-0.1, -0.05) is 12.1 Å². The number of nitrogens with zero attached hydrogens (tertiary/aromatic N) is 5. The minimum Gasteiger partial charge on any atom is -0.361 e. The van der Waals surface area contributed by atoms with Gasteiger partial charge in [-0.3, -0.25) is 4.99 Å². The molecule has 0 aliphatic carbocycles. The fraction of sp³-hybridized carbons (Fsp3) is 0.600. The van der Waals surface area contributed by atoms with Crippen LogP contribution < -0.4 is 10.6 Å². The molecule has 2 N–H and O–H groups in total. The first-order valence-electron chi connectivity index (χ1n) is 7.88. The third-order valence-electron chi connectivity index (χ3n) is 3.73. The van der Waals surface area contributed by atoms with Crippen molar-refractivity contribution in [3.05, 3.63) is 29.2 Å². The van der Waals surface area contributed by atoms with E-state index in [1.54, 1.807) is 13.4 Å². The third kappa shape index (κ3) is 4.54. The number of nitrogens with one attached hydrogen (secondary N) is 2. The van der Waals surface area contributed by atoms with Crippen molar-refractivity contribution in [2.24, 2.45) is 4.99 Å². The lowest BCUT2D eigenvalue weighted by Gasteiger charge is -2.12. The highest BCUT2D eigenvalue weighted by atomic mass is 16.5. The summed E-state index contributed by atoms with van der Waals surface area (Å²) >= 11 is 0. The van der Waals surface area contributed by atoms with E-state index >= 15 is 0 Å². The summed E-state index contributed by atoms with van der Waals surface area (Å²) in [7, 11) is 1.77. The van der Waals surface area contributed by atoms with E-state index in [9.17, 15) is 0 Å². The van der Waals surface area contributed by atoms with Crippen molar-refractivity contribution in [2.75, 3.05) is 20.1 Å². The fourth-order valence-electron chi connectivity index (χ4n) is 2.42. The van der Waals surface area contributed by atoms with Crippen LogP contribution >= 0.6 is 0 Å². The van der Waals surface area contributed by atoms with E-state index in [4.69, 9.17) is 4.52 Å². The van der Waals surface area contributed by atoms with Crippen LogP contribution in [0.4, 0.5) is 0 Å². The molecule has 23 heavy (non-hydrogen) atoms. The molecule has 0 saturated carbocycles. The summed E-state index contributed by atoms with van der Waals surface area (Å²) in [6.45, 7) is 8.31. The van der Waals surface area contributed by atoms with Gasteiger partial charge in [0, 0.05) is 38.7 Å². The molecule has 126 valence electrons. The van der Waals surface area contributed by atoms with Gasteiger partial charge in [0.1, 0.15) is 17.9 Å². The molecule has 0 aliphatic rings. The van der Waals surface area contributed by atoms with Crippen LogP contribution in [0.25, 0.3) is 0 Å². The Morgan fingerprint density at radius 2 is 2.09 bits per heavy atom. The van der Waals surface area contributed by atoms with E-state index in [1.165, 1.54) is 0 Å². The normalized spacial score (nSPS) is 11.7. The van der Waals surface area contributed by atoms with Gasteiger partial charge in [-0.15, -0.1) is 10.2 Å². The number of aliphatic imine (C=N–C) groups is 1. The standard InChI is InChI=1S/C15H25N7O/c1-5-14-20-19-10-22(14)9-8-18-15(16-4)17-7-6-13-11(2)21-23-12(13)3/h10H,5-9H2,1-4H3,(H2,16,17,18). The molecule has 2 heterocycles. The molecule has 0 saturated heterocycles. The zero-order valence-electron chi connectivity index (χ0n) is 14.3. The number of guanidine groups is 1. The molecule has 2 aromatic heterocycles. The topological polar surface area (TPSA) is 93.2 Å². The molecule has 0 unspecified atom stereocenters. The maximum absolute atomic E-state index is 5.17. The summed E-state index contributed by atoms with van der Waals surface area (Å²) in [5.74, 6) is 2.66. The van der Waals surface area contributed by atoms with E-state index in [0.29, 0.717) is 0 Å². The van der Waals surface area contributed by atoms with Gasteiger partial charge in [0.25, 0.3) is 0 Å². The summed E-state index contributed by atoms with van der Waals surface area (Å²) in [5.41, 5.74) is 2.11. The quantitative estimate of drug-likeness (QED) is 0.580. The molecule has 0 aromatic carbocycles. The lowest BCUT2D eigenvalue weighted by molar-refractivity contribution is 0.392. The smallest absolute Gasteiger partial charge is 0.191 e. The number of rotatable bonds is 7. The van der Waals surface area contributed by atoms with Crippen molar-refractivity contribution in [2.45, 2.75) is 40.2 Å². The van der Waals surface area contributed by atoms with Crippen molar-refractivity contribution >= 4 is 5.96 Å². The van der Waals surface area contributed by atoms with Crippen LogP contribution in [-0.2, 0) is 19.4 Å². The average molecular weight is 319 g/mol. The molecule has 8 heteroatoms. The summed E-state index contributed by atoms with van der Waals surface area (Å²) < 4.78 is 7.21. The Hall–Kier alpha value is -2.38. The van der Waals surface area contributed by atoms with Crippen molar-refractivity contribution in [1.82, 2.24) is 30.6 Å². The molecule has 0 fully saturated rings. The van der Waals surface area contributed by atoms with Gasteiger partial charge in [-0.05, 0) is 20.3 Å². The summed E-state index contributed by atoms with van der Waals surface area (Å²) in [6.07, 6.45) is 3.49. The molecule has 2 aromatic rings. The van der Waals surface area contributed by atoms with Crippen LogP contribution in [-0.4, -0.2) is 46.0 Å². The first-order valence-corrected chi connectivity index (χ1v) is 7.88. The van der Waals surface area contributed by atoms with Gasteiger partial charge in [-0.2, -0.15) is 0 Å². The molecule has 8 nitrogen and oxygen atoms in total. The Kier molecular flexibility index (Phi) is 6.13. The zero-order chi connectivity index (χ0) is 16.7. The van der Waals surface area contributed by atoms with Crippen molar-refractivity contribution in [1.29, 1.82) is 0 Å². The van der Waals surface area contributed by atoms with Crippen LogP contribution in [0.2, 0.25) is 0 Å². The van der Waals surface area contributed by atoms with Gasteiger partial charge in [0.2, 0.25) is 0 Å². The van der Waals surface area contributed by atoms with Crippen LogP contribution in [0.15, 0.2) is 15.8 Å². The molecular formula is C15H25N7O. The van der Waals surface area contributed by atoms with Gasteiger partial charge >= 0.3 is 0 Å². The minimum absolute atomic E-state index is 0.760. The first-order chi connectivity index (χ1) is 11.2. The second-order valence-electron chi connectivity index (χ2n) is 5.27. The molecule has 2 rings (SSSR count). The third-order valence-corrected chi connectivity index (χ3v) is 3.73. The predicted octanol–water partition coefficient (Wildman–Crippen LogP) is 0.853. The summed E-state index contributed by atoms with van der Waals surface area (Å²) in [5, 5.41) is 18.6. The predicted molar refractivity (Wildman–Crippen MR) is 88.4 cm³/mol. The largest absolute Gasteiger partial charge is 0.361 e. The fourth-order valence-corrected chi connectivity index (χ4v) is 2.42. The summed E-state index contributed by atoms with van der Waals surface area (Å²) in [4.78, 5) is 4.23. The van der Waals surface area contributed by atoms with Crippen LogP contribution in [0.1, 0.15) is 29.8 Å². The number of aryl methyl sites for hydroxylation is 3. The first kappa shape index (κ1) is 17.0. The molecule has 0 aliphatic heterocycles. The van der Waals surface area contributed by atoms with Crippen LogP contribution in [0.5, 0.6) is 0 Å². The maximum atomic E-state index is 5.17. The molecule has 0 amide bonds. The van der Waals surface area contributed by atoms with E-state index < -0.39 is 0 Å². The van der Waals surface area contributed by atoms with Gasteiger partial charge < -0.3 is 19.7 Å². The van der Waals surface area contributed by atoms with Crippen molar-refractivity contribution < 1.29 is 4.52 Å². The van der Waals surface area contributed by atoms with E-state index in [-0.39, 0.29) is 0 Å². The lowest BCUT2D eigenvalue weighted by Crippen LogP contribution is -2.39. The van der Waals surface area contributed by atoms with Crippen LogP contribution in [0.3, 0.4) is 0 Å². The molecule has 0 bridgehead atoms. The maximum Gasteiger partial charge on any atom is 0.191 e. The van der Waals surface area contributed by atoms with Crippen LogP contribution in [0, 0.1) is 13.8 Å². The van der Waals surface area contributed by atoms with Gasteiger partial charge in [-0.25, -0.2) is 0 Å². The second kappa shape index (κ2) is 8.30. The highest BCUT2D eigenvalue weighted by Gasteiger charge is 2.08. The van der Waals surface area contributed by atoms with Gasteiger partial charge in [0.15, 0.2) is 5.96 Å². The number of aromatic nitrogens is 4. The molecule has 0 radical (unpaired) electrons. The molecule has 0 atom stereocenters. The monoisotopic (exact) mass is 319 g/mol. The highest BCUT2D eigenvalue weighted by molar-refractivity contribution is 5.79. The SMILES string of the molecule is CCc1nncn1CCNC(=NC)NCCc1c(C)noc1C. The highest BCUT2D eigenvalue weighted by Crippen LogP contribution is 2.11. The van der Waals surface area contributed by atoms with Crippen molar-refractivity contribution in [3.8, 4) is 0 Å². The van der Waals surface area contributed by atoms with Gasteiger partial charge in [0.05, 0.1) is 5.69 Å². The van der Waals surface area contributed by atoms with E-state index in [0.717, 1.165) is 61.3 Å². The average Bonchev–Trinajstić information content (AvgIpc) is 3.13. The number of hydrogen-bond acceptors (Lipinski definition) is 5. The van der Waals surface area contributed by atoms with E-state index in [2.05, 4.69) is 37.9 Å².